The number of fused-ring (bicyclic) bond motifs is 4. The first-order chi connectivity index (χ1) is 11.0. The molecule has 1 aromatic rings. The zero-order valence-electron chi connectivity index (χ0n) is 13.8. The van der Waals surface area contributed by atoms with E-state index in [1.54, 1.807) is 43.5 Å². The first-order valence-electron chi connectivity index (χ1n) is 8.18. The molecule has 6 nitrogen and oxygen atoms in total. The minimum Gasteiger partial charge on any atom is -0.348 e. The number of carbonyl (C=O) groups is 2. The standard InChI is InChI=1S/C17H24N4O2/c1-19(2)16(22)12-20-9-13-3-4-15(11-20)21(10-13)17(23)14-5-7-18-8-6-14/h5-8,13,15H,3-4,9-12H2,1-2H3/t13-,15+/m0/s1. The van der Waals surface area contributed by atoms with Crippen molar-refractivity contribution in [3.05, 3.63) is 30.1 Å². The van der Waals surface area contributed by atoms with Crippen LogP contribution in [0, 0.1) is 5.92 Å². The molecule has 23 heavy (non-hydrogen) atoms. The quantitative estimate of drug-likeness (QED) is 0.824. The lowest BCUT2D eigenvalue weighted by molar-refractivity contribution is -0.129. The maximum atomic E-state index is 12.8. The first-order valence-corrected chi connectivity index (χ1v) is 8.18. The fourth-order valence-electron chi connectivity index (χ4n) is 3.55. The molecule has 2 amide bonds. The molecule has 2 atom stereocenters. The SMILES string of the molecule is CN(C)C(=O)CN1C[C@@H]2CC[C@H](C1)N(C(=O)c1ccncc1)C2. The van der Waals surface area contributed by atoms with Gasteiger partial charge in [0.1, 0.15) is 0 Å². The maximum absolute atomic E-state index is 12.8. The van der Waals surface area contributed by atoms with Gasteiger partial charge in [-0.1, -0.05) is 0 Å². The van der Waals surface area contributed by atoms with E-state index in [-0.39, 0.29) is 17.9 Å². The van der Waals surface area contributed by atoms with Crippen LogP contribution in [0.5, 0.6) is 0 Å². The lowest BCUT2D eigenvalue weighted by atomic mass is 9.94. The van der Waals surface area contributed by atoms with Crippen molar-refractivity contribution < 1.29 is 9.59 Å². The van der Waals surface area contributed by atoms with Crippen LogP contribution in [0.2, 0.25) is 0 Å². The van der Waals surface area contributed by atoms with Gasteiger partial charge in [0.05, 0.1) is 6.54 Å². The van der Waals surface area contributed by atoms with Gasteiger partial charge >= 0.3 is 0 Å². The van der Waals surface area contributed by atoms with Gasteiger partial charge in [-0.05, 0) is 30.9 Å². The number of rotatable bonds is 3. The predicted octanol–water partition coefficient (Wildman–Crippen LogP) is 0.706. The van der Waals surface area contributed by atoms with E-state index in [1.807, 2.05) is 4.90 Å². The van der Waals surface area contributed by atoms with Crippen molar-refractivity contribution in [2.45, 2.75) is 18.9 Å². The number of amides is 2. The largest absolute Gasteiger partial charge is 0.348 e. The Bertz CT molecular complexity index is 575. The van der Waals surface area contributed by atoms with E-state index in [1.165, 1.54) is 0 Å². The van der Waals surface area contributed by atoms with Crippen LogP contribution in [0.1, 0.15) is 23.2 Å². The summed E-state index contributed by atoms with van der Waals surface area (Å²) in [6, 6.07) is 3.74. The molecule has 0 spiro atoms. The average molecular weight is 316 g/mol. The third-order valence-electron chi connectivity index (χ3n) is 4.83. The van der Waals surface area contributed by atoms with Crippen LogP contribution in [0.15, 0.2) is 24.5 Å². The topological polar surface area (TPSA) is 56.8 Å². The van der Waals surface area contributed by atoms with Crippen LogP contribution in [-0.4, -0.2) is 77.8 Å². The maximum Gasteiger partial charge on any atom is 0.254 e. The molecule has 0 radical (unpaired) electrons. The number of pyridine rings is 1. The second-order valence-corrected chi connectivity index (χ2v) is 6.77. The minimum absolute atomic E-state index is 0.0860. The predicted molar refractivity (Wildman–Crippen MR) is 86.9 cm³/mol. The summed E-state index contributed by atoms with van der Waals surface area (Å²) < 4.78 is 0. The van der Waals surface area contributed by atoms with Crippen LogP contribution >= 0.6 is 0 Å². The summed E-state index contributed by atoms with van der Waals surface area (Å²) in [4.78, 5) is 34.6. The van der Waals surface area contributed by atoms with Gasteiger partial charge in [0.2, 0.25) is 5.91 Å². The summed E-state index contributed by atoms with van der Waals surface area (Å²) in [6.07, 6.45) is 5.47. The van der Waals surface area contributed by atoms with Crippen LogP contribution < -0.4 is 0 Å². The summed E-state index contributed by atoms with van der Waals surface area (Å²) in [5, 5.41) is 0. The Hall–Kier alpha value is -1.95. The second-order valence-electron chi connectivity index (χ2n) is 6.77. The number of piperidine rings is 1. The number of aromatic nitrogens is 1. The Balaban J connectivity index is 1.72. The summed E-state index contributed by atoms with van der Waals surface area (Å²) in [5.41, 5.74) is 0.698. The van der Waals surface area contributed by atoms with Crippen molar-refractivity contribution in [3.63, 3.8) is 0 Å². The van der Waals surface area contributed by atoms with E-state index in [9.17, 15) is 9.59 Å². The van der Waals surface area contributed by atoms with E-state index in [0.29, 0.717) is 18.0 Å². The van der Waals surface area contributed by atoms with Gasteiger partial charge in [-0.15, -0.1) is 0 Å². The smallest absolute Gasteiger partial charge is 0.254 e. The third kappa shape index (κ3) is 3.52. The highest BCUT2D eigenvalue weighted by Gasteiger charge is 2.37. The fourth-order valence-corrected chi connectivity index (χ4v) is 3.55. The van der Waals surface area contributed by atoms with Gasteiger partial charge in [-0.25, -0.2) is 0 Å². The number of hydrogen-bond acceptors (Lipinski definition) is 4. The molecule has 0 N–H and O–H groups in total. The number of likely N-dealkylation sites (N-methyl/N-ethyl adjacent to an activating group) is 1. The minimum atomic E-state index is 0.0860. The van der Waals surface area contributed by atoms with Gasteiger partial charge in [0.25, 0.3) is 5.91 Å². The van der Waals surface area contributed by atoms with Crippen molar-refractivity contribution in [3.8, 4) is 0 Å². The molecule has 3 saturated heterocycles. The molecular weight excluding hydrogens is 292 g/mol. The zero-order chi connectivity index (χ0) is 16.4. The second kappa shape index (κ2) is 6.66. The molecule has 2 bridgehead atoms. The summed E-state index contributed by atoms with van der Waals surface area (Å²) in [6.45, 7) is 2.92. The van der Waals surface area contributed by atoms with E-state index >= 15 is 0 Å². The van der Waals surface area contributed by atoms with Crippen molar-refractivity contribution in [2.75, 3.05) is 40.3 Å². The molecule has 3 fully saturated rings. The van der Waals surface area contributed by atoms with E-state index < -0.39 is 0 Å². The molecular formula is C17H24N4O2. The third-order valence-corrected chi connectivity index (χ3v) is 4.83. The first kappa shape index (κ1) is 15.9. The molecule has 0 unspecified atom stereocenters. The van der Waals surface area contributed by atoms with E-state index in [4.69, 9.17) is 0 Å². The Morgan fingerprint density at radius 3 is 2.61 bits per heavy atom. The molecule has 6 heteroatoms. The zero-order valence-corrected chi connectivity index (χ0v) is 13.8. The Morgan fingerprint density at radius 2 is 1.91 bits per heavy atom. The summed E-state index contributed by atoms with van der Waals surface area (Å²) in [7, 11) is 3.57. The van der Waals surface area contributed by atoms with Crippen LogP contribution in [0.3, 0.4) is 0 Å². The molecule has 4 rings (SSSR count). The molecule has 0 saturated carbocycles. The van der Waals surface area contributed by atoms with E-state index in [0.717, 1.165) is 32.5 Å². The lowest BCUT2D eigenvalue weighted by Crippen LogP contribution is -2.47. The monoisotopic (exact) mass is 316 g/mol. The van der Waals surface area contributed by atoms with Gasteiger partial charge in [-0.2, -0.15) is 0 Å². The van der Waals surface area contributed by atoms with Crippen LogP contribution in [0.25, 0.3) is 0 Å². The Morgan fingerprint density at radius 1 is 1.17 bits per heavy atom. The molecule has 124 valence electrons. The average Bonchev–Trinajstić information content (AvgIpc) is 2.85. The van der Waals surface area contributed by atoms with Crippen LogP contribution in [0.4, 0.5) is 0 Å². The molecule has 3 aliphatic rings. The van der Waals surface area contributed by atoms with Crippen LogP contribution in [-0.2, 0) is 4.79 Å². The lowest BCUT2D eigenvalue weighted by Gasteiger charge is -2.36. The number of hydrogen-bond donors (Lipinski definition) is 0. The molecule has 3 aliphatic heterocycles. The highest BCUT2D eigenvalue weighted by Crippen LogP contribution is 2.29. The van der Waals surface area contributed by atoms with Crippen molar-refractivity contribution in [1.29, 1.82) is 0 Å². The van der Waals surface area contributed by atoms with Gasteiger partial charge in [-0.3, -0.25) is 19.5 Å². The summed E-state index contributed by atoms with van der Waals surface area (Å²) in [5.74, 6) is 0.663. The van der Waals surface area contributed by atoms with E-state index in [2.05, 4.69) is 9.88 Å². The van der Waals surface area contributed by atoms with Gasteiger partial charge in [0.15, 0.2) is 0 Å². The number of nitrogens with zero attached hydrogens (tertiary/aromatic N) is 4. The van der Waals surface area contributed by atoms with Crippen molar-refractivity contribution in [2.24, 2.45) is 5.92 Å². The highest BCUT2D eigenvalue weighted by atomic mass is 16.2. The summed E-state index contributed by atoms with van der Waals surface area (Å²) >= 11 is 0. The number of carbonyl (C=O) groups excluding carboxylic acids is 2. The normalized spacial score (nSPS) is 24.3. The Kier molecular flexibility index (Phi) is 4.61. The molecule has 0 aliphatic carbocycles. The fraction of sp³-hybridized carbons (Fsp3) is 0.588. The van der Waals surface area contributed by atoms with Gasteiger partial charge < -0.3 is 9.80 Å². The molecule has 4 heterocycles. The van der Waals surface area contributed by atoms with Crippen molar-refractivity contribution >= 4 is 11.8 Å². The highest BCUT2D eigenvalue weighted by molar-refractivity contribution is 5.94. The molecule has 1 aromatic heterocycles. The van der Waals surface area contributed by atoms with Crippen molar-refractivity contribution in [1.82, 2.24) is 19.7 Å². The van der Waals surface area contributed by atoms with Gasteiger partial charge in [0, 0.05) is 57.7 Å². The Labute approximate surface area is 137 Å². The molecule has 0 aromatic carbocycles.